The minimum atomic E-state index is -0.0622. The van der Waals surface area contributed by atoms with Crippen LogP contribution in [0.25, 0.3) is 0 Å². The lowest BCUT2D eigenvalue weighted by Gasteiger charge is -2.30. The van der Waals surface area contributed by atoms with Crippen molar-refractivity contribution in [2.75, 3.05) is 6.61 Å². The zero-order chi connectivity index (χ0) is 13.0. The molecule has 4 heteroatoms. The number of aliphatic hydroxyl groups is 1. The van der Waals surface area contributed by atoms with E-state index in [2.05, 4.69) is 21.2 Å². The third kappa shape index (κ3) is 3.12. The molecule has 98 valence electrons. The summed E-state index contributed by atoms with van der Waals surface area (Å²) >= 11 is 3.38. The Hall–Kier alpha value is -0.870. The molecule has 3 nitrogen and oxygen atoms in total. The fraction of sp³-hybridized carbons (Fsp3) is 0.500. The molecule has 0 saturated heterocycles. The Morgan fingerprint density at radius 2 is 2.06 bits per heavy atom. The van der Waals surface area contributed by atoms with Crippen molar-refractivity contribution in [3.8, 4) is 0 Å². The number of hydrogen-bond donors (Lipinski definition) is 2. The van der Waals surface area contributed by atoms with E-state index in [4.69, 9.17) is 0 Å². The van der Waals surface area contributed by atoms with Gasteiger partial charge in [0.15, 0.2) is 0 Å². The van der Waals surface area contributed by atoms with Crippen molar-refractivity contribution in [2.45, 2.75) is 31.7 Å². The number of amides is 1. The van der Waals surface area contributed by atoms with Gasteiger partial charge in [0.25, 0.3) is 5.91 Å². The highest BCUT2D eigenvalue weighted by Crippen LogP contribution is 2.25. The lowest BCUT2D eigenvalue weighted by Crippen LogP contribution is -2.43. The summed E-state index contributed by atoms with van der Waals surface area (Å²) in [6.45, 7) is 0.154. The van der Waals surface area contributed by atoms with Gasteiger partial charge in [-0.05, 0) is 40.9 Å². The van der Waals surface area contributed by atoms with Gasteiger partial charge in [0, 0.05) is 23.0 Å². The Labute approximate surface area is 116 Å². The van der Waals surface area contributed by atoms with Gasteiger partial charge in [-0.2, -0.15) is 0 Å². The minimum absolute atomic E-state index is 0.0622. The van der Waals surface area contributed by atoms with Crippen LogP contribution in [0.4, 0.5) is 0 Å². The maximum atomic E-state index is 12.2. The van der Waals surface area contributed by atoms with Crippen LogP contribution in [-0.2, 0) is 0 Å². The zero-order valence-corrected chi connectivity index (χ0v) is 11.8. The maximum absolute atomic E-state index is 12.2. The monoisotopic (exact) mass is 311 g/mol. The molecular weight excluding hydrogens is 294 g/mol. The van der Waals surface area contributed by atoms with Gasteiger partial charge >= 0.3 is 0 Å². The van der Waals surface area contributed by atoms with E-state index < -0.39 is 0 Å². The molecule has 2 rings (SSSR count). The molecule has 1 aliphatic carbocycles. The molecular formula is C14H18BrNO2. The molecule has 1 fully saturated rings. The normalized spacial score (nSPS) is 23.7. The first-order valence-electron chi connectivity index (χ1n) is 6.38. The molecule has 0 bridgehead atoms. The van der Waals surface area contributed by atoms with Gasteiger partial charge in [-0.25, -0.2) is 0 Å². The van der Waals surface area contributed by atoms with Gasteiger partial charge < -0.3 is 10.4 Å². The van der Waals surface area contributed by atoms with E-state index in [1.54, 1.807) is 6.07 Å². The molecule has 0 aromatic heterocycles. The van der Waals surface area contributed by atoms with Crippen LogP contribution >= 0.6 is 15.9 Å². The van der Waals surface area contributed by atoms with Crippen LogP contribution in [0.15, 0.2) is 28.7 Å². The van der Waals surface area contributed by atoms with Crippen molar-refractivity contribution in [3.63, 3.8) is 0 Å². The van der Waals surface area contributed by atoms with Crippen LogP contribution in [0.2, 0.25) is 0 Å². The van der Waals surface area contributed by atoms with Gasteiger partial charge in [-0.3, -0.25) is 4.79 Å². The summed E-state index contributed by atoms with van der Waals surface area (Å²) in [4.78, 5) is 12.2. The molecule has 0 heterocycles. The highest BCUT2D eigenvalue weighted by Gasteiger charge is 2.26. The number of benzene rings is 1. The molecule has 0 radical (unpaired) electrons. The predicted molar refractivity (Wildman–Crippen MR) is 74.4 cm³/mol. The van der Waals surface area contributed by atoms with Crippen molar-refractivity contribution in [3.05, 3.63) is 34.3 Å². The summed E-state index contributed by atoms with van der Waals surface area (Å²) < 4.78 is 0.804. The van der Waals surface area contributed by atoms with Gasteiger partial charge in [0.1, 0.15) is 0 Å². The molecule has 1 aromatic carbocycles. The van der Waals surface area contributed by atoms with E-state index in [1.807, 2.05) is 18.2 Å². The number of carbonyl (C=O) groups is 1. The number of rotatable bonds is 3. The Bertz CT molecular complexity index is 422. The molecule has 0 spiro atoms. The van der Waals surface area contributed by atoms with Crippen LogP contribution in [0.1, 0.15) is 36.0 Å². The first-order chi connectivity index (χ1) is 8.72. The Morgan fingerprint density at radius 3 is 2.78 bits per heavy atom. The van der Waals surface area contributed by atoms with Crippen LogP contribution in [0, 0.1) is 5.92 Å². The summed E-state index contributed by atoms with van der Waals surface area (Å²) in [5.41, 5.74) is 0.653. The van der Waals surface area contributed by atoms with Crippen LogP contribution in [0.5, 0.6) is 0 Å². The Kier molecular flexibility index (Phi) is 4.78. The molecule has 18 heavy (non-hydrogen) atoms. The summed E-state index contributed by atoms with van der Waals surface area (Å²) in [7, 11) is 0. The summed E-state index contributed by atoms with van der Waals surface area (Å²) in [5, 5.41) is 12.4. The second kappa shape index (κ2) is 6.34. The molecule has 0 aliphatic heterocycles. The smallest absolute Gasteiger partial charge is 0.252 e. The number of aliphatic hydroxyl groups excluding tert-OH is 1. The fourth-order valence-corrected chi connectivity index (χ4v) is 2.97. The number of carbonyl (C=O) groups excluding carboxylic acids is 1. The minimum Gasteiger partial charge on any atom is -0.396 e. The molecule has 2 N–H and O–H groups in total. The molecule has 1 amide bonds. The standard InChI is InChI=1S/C14H18BrNO2/c15-12-7-3-2-6-11(12)14(18)16-13-8-4-1-5-10(13)9-17/h2-3,6-7,10,13,17H,1,4-5,8-9H2,(H,16,18). The average molecular weight is 312 g/mol. The second-order valence-electron chi connectivity index (χ2n) is 4.79. The first kappa shape index (κ1) is 13.6. The van der Waals surface area contributed by atoms with E-state index in [0.29, 0.717) is 5.56 Å². The predicted octanol–water partition coefficient (Wildman–Crippen LogP) is 2.73. The Balaban J connectivity index is 2.04. The van der Waals surface area contributed by atoms with Crippen molar-refractivity contribution in [2.24, 2.45) is 5.92 Å². The van der Waals surface area contributed by atoms with E-state index >= 15 is 0 Å². The van der Waals surface area contributed by atoms with Crippen molar-refractivity contribution >= 4 is 21.8 Å². The average Bonchev–Trinajstić information content (AvgIpc) is 2.39. The molecule has 2 unspecified atom stereocenters. The van der Waals surface area contributed by atoms with Crippen molar-refractivity contribution in [1.29, 1.82) is 0 Å². The molecule has 1 aliphatic rings. The number of halogens is 1. The first-order valence-corrected chi connectivity index (χ1v) is 7.18. The molecule has 2 atom stereocenters. The molecule has 1 saturated carbocycles. The lowest BCUT2D eigenvalue weighted by molar-refractivity contribution is 0.0872. The highest BCUT2D eigenvalue weighted by molar-refractivity contribution is 9.10. The maximum Gasteiger partial charge on any atom is 0.252 e. The fourth-order valence-electron chi connectivity index (χ4n) is 2.51. The highest BCUT2D eigenvalue weighted by atomic mass is 79.9. The van der Waals surface area contributed by atoms with Crippen LogP contribution < -0.4 is 5.32 Å². The van der Waals surface area contributed by atoms with E-state index in [9.17, 15) is 9.90 Å². The zero-order valence-electron chi connectivity index (χ0n) is 10.2. The van der Waals surface area contributed by atoms with Gasteiger partial charge in [-0.1, -0.05) is 25.0 Å². The van der Waals surface area contributed by atoms with E-state index in [1.165, 1.54) is 0 Å². The summed E-state index contributed by atoms with van der Waals surface area (Å²) in [6, 6.07) is 7.50. The topological polar surface area (TPSA) is 49.3 Å². The second-order valence-corrected chi connectivity index (χ2v) is 5.64. The number of hydrogen-bond acceptors (Lipinski definition) is 2. The quantitative estimate of drug-likeness (QED) is 0.901. The Morgan fingerprint density at radius 1 is 1.33 bits per heavy atom. The lowest BCUT2D eigenvalue weighted by atomic mass is 9.85. The van der Waals surface area contributed by atoms with Crippen molar-refractivity contribution < 1.29 is 9.90 Å². The molecule has 1 aromatic rings. The van der Waals surface area contributed by atoms with Crippen LogP contribution in [0.3, 0.4) is 0 Å². The summed E-state index contributed by atoms with van der Waals surface area (Å²) in [5.74, 6) is 0.137. The number of nitrogens with one attached hydrogen (secondary N) is 1. The van der Waals surface area contributed by atoms with Crippen molar-refractivity contribution in [1.82, 2.24) is 5.32 Å². The van der Waals surface area contributed by atoms with Gasteiger partial charge in [0.05, 0.1) is 5.56 Å². The van der Waals surface area contributed by atoms with E-state index in [0.717, 1.165) is 30.2 Å². The van der Waals surface area contributed by atoms with Gasteiger partial charge in [-0.15, -0.1) is 0 Å². The summed E-state index contributed by atoms with van der Waals surface area (Å²) in [6.07, 6.45) is 4.23. The van der Waals surface area contributed by atoms with Crippen LogP contribution in [-0.4, -0.2) is 23.7 Å². The third-order valence-electron chi connectivity index (χ3n) is 3.58. The van der Waals surface area contributed by atoms with E-state index in [-0.39, 0.29) is 24.5 Å². The SMILES string of the molecule is O=C(NC1CCCCC1CO)c1ccccc1Br. The third-order valence-corrected chi connectivity index (χ3v) is 4.27. The largest absolute Gasteiger partial charge is 0.396 e. The van der Waals surface area contributed by atoms with Gasteiger partial charge in [0.2, 0.25) is 0 Å².